The van der Waals surface area contributed by atoms with Gasteiger partial charge in [-0.1, -0.05) is 17.8 Å². The molecule has 1 saturated heterocycles. The summed E-state index contributed by atoms with van der Waals surface area (Å²) in [6.45, 7) is 9.08. The Labute approximate surface area is 191 Å². The molecular formula is C22H27N5S3. The number of hydrogen-bond acceptors (Lipinski definition) is 8. The molecule has 0 amide bonds. The summed E-state index contributed by atoms with van der Waals surface area (Å²) in [5.41, 5.74) is 5.53. The largest absolute Gasteiger partial charge is 0.370 e. The van der Waals surface area contributed by atoms with Crippen LogP contribution in [-0.2, 0) is 12.3 Å². The quantitative estimate of drug-likeness (QED) is 0.482. The Morgan fingerprint density at radius 2 is 1.87 bits per heavy atom. The maximum atomic E-state index is 4.90. The average molecular weight is 458 g/mol. The van der Waals surface area contributed by atoms with Gasteiger partial charge in [0.15, 0.2) is 4.34 Å². The predicted octanol–water partition coefficient (Wildman–Crippen LogP) is 5.32. The lowest BCUT2D eigenvalue weighted by atomic mass is 10.2. The van der Waals surface area contributed by atoms with Crippen molar-refractivity contribution in [2.24, 2.45) is 0 Å². The summed E-state index contributed by atoms with van der Waals surface area (Å²) >= 11 is 5.57. The maximum Gasteiger partial charge on any atom is 0.150 e. The highest BCUT2D eigenvalue weighted by Crippen LogP contribution is 2.31. The highest BCUT2D eigenvalue weighted by Gasteiger charge is 2.14. The molecule has 0 aromatic carbocycles. The van der Waals surface area contributed by atoms with Crippen molar-refractivity contribution in [1.29, 1.82) is 0 Å². The molecule has 0 spiro atoms. The van der Waals surface area contributed by atoms with E-state index in [1.807, 2.05) is 24.8 Å². The lowest BCUT2D eigenvalue weighted by Crippen LogP contribution is -2.32. The number of hydrogen-bond donors (Lipinski definition) is 1. The summed E-state index contributed by atoms with van der Waals surface area (Å²) in [6.07, 6.45) is 0. The summed E-state index contributed by atoms with van der Waals surface area (Å²) in [5.74, 6) is 4.09. The van der Waals surface area contributed by atoms with Crippen molar-refractivity contribution in [3.05, 3.63) is 58.0 Å². The average Bonchev–Trinajstić information content (AvgIpc) is 3.09. The zero-order valence-corrected chi connectivity index (χ0v) is 20.1. The van der Waals surface area contributed by atoms with Gasteiger partial charge in [0.25, 0.3) is 0 Å². The van der Waals surface area contributed by atoms with E-state index in [2.05, 4.69) is 58.3 Å². The van der Waals surface area contributed by atoms with Crippen LogP contribution in [0.5, 0.6) is 0 Å². The van der Waals surface area contributed by atoms with Gasteiger partial charge in [0, 0.05) is 52.7 Å². The molecular weight excluding hydrogens is 430 g/mol. The van der Waals surface area contributed by atoms with Crippen LogP contribution in [-0.4, -0.2) is 39.5 Å². The van der Waals surface area contributed by atoms with Crippen LogP contribution in [0.15, 0.2) is 34.7 Å². The molecule has 3 aromatic heterocycles. The molecule has 1 fully saturated rings. The van der Waals surface area contributed by atoms with E-state index in [1.165, 1.54) is 22.1 Å². The van der Waals surface area contributed by atoms with Gasteiger partial charge in [0.2, 0.25) is 0 Å². The Morgan fingerprint density at radius 1 is 1.03 bits per heavy atom. The molecule has 1 aliphatic rings. The SMILES string of the molecule is Cc1cccc(CNc2cc(N3CCSCC3)cc(CSc3nc(C)c(C)s3)n2)n1. The number of pyridine rings is 2. The number of nitrogens with zero attached hydrogens (tertiary/aromatic N) is 4. The zero-order chi connectivity index (χ0) is 20.9. The van der Waals surface area contributed by atoms with Crippen molar-refractivity contribution < 1.29 is 0 Å². The molecule has 0 radical (unpaired) electrons. The van der Waals surface area contributed by atoms with Crippen LogP contribution in [0, 0.1) is 20.8 Å². The first kappa shape index (κ1) is 21.5. The number of rotatable bonds is 7. The number of aromatic nitrogens is 3. The second-order valence-electron chi connectivity index (χ2n) is 7.34. The van der Waals surface area contributed by atoms with Gasteiger partial charge < -0.3 is 10.2 Å². The zero-order valence-electron chi connectivity index (χ0n) is 17.6. The molecule has 1 aliphatic heterocycles. The van der Waals surface area contributed by atoms with Crippen molar-refractivity contribution in [2.45, 2.75) is 37.4 Å². The van der Waals surface area contributed by atoms with Crippen LogP contribution >= 0.6 is 34.9 Å². The minimum atomic E-state index is 0.672. The number of thiazole rings is 1. The monoisotopic (exact) mass is 457 g/mol. The van der Waals surface area contributed by atoms with Crippen LogP contribution in [0.4, 0.5) is 11.5 Å². The van der Waals surface area contributed by atoms with Gasteiger partial charge in [-0.2, -0.15) is 11.8 Å². The Kier molecular flexibility index (Phi) is 7.17. The van der Waals surface area contributed by atoms with Gasteiger partial charge in [-0.05, 0) is 39.0 Å². The molecule has 0 unspecified atom stereocenters. The fourth-order valence-electron chi connectivity index (χ4n) is 3.26. The van der Waals surface area contributed by atoms with E-state index >= 15 is 0 Å². The number of anilines is 2. The molecule has 5 nitrogen and oxygen atoms in total. The minimum Gasteiger partial charge on any atom is -0.370 e. The molecule has 158 valence electrons. The third kappa shape index (κ3) is 5.68. The molecule has 0 saturated carbocycles. The van der Waals surface area contributed by atoms with Gasteiger partial charge in [-0.25, -0.2) is 9.97 Å². The lowest BCUT2D eigenvalue weighted by molar-refractivity contribution is 0.855. The molecule has 30 heavy (non-hydrogen) atoms. The summed E-state index contributed by atoms with van der Waals surface area (Å²) in [6, 6.07) is 10.5. The van der Waals surface area contributed by atoms with Crippen LogP contribution in [0.3, 0.4) is 0 Å². The topological polar surface area (TPSA) is 53.9 Å². The van der Waals surface area contributed by atoms with Gasteiger partial charge in [-0.15, -0.1) is 11.3 Å². The molecule has 1 N–H and O–H groups in total. The van der Waals surface area contributed by atoms with Gasteiger partial charge >= 0.3 is 0 Å². The minimum absolute atomic E-state index is 0.672. The summed E-state index contributed by atoms with van der Waals surface area (Å²) < 4.78 is 1.12. The summed E-state index contributed by atoms with van der Waals surface area (Å²) in [4.78, 5) is 17.9. The van der Waals surface area contributed by atoms with Crippen LogP contribution in [0.25, 0.3) is 0 Å². The summed E-state index contributed by atoms with van der Waals surface area (Å²) in [7, 11) is 0. The predicted molar refractivity (Wildman–Crippen MR) is 131 cm³/mol. The van der Waals surface area contributed by atoms with Gasteiger partial charge in [0.05, 0.1) is 23.6 Å². The first-order chi connectivity index (χ1) is 14.6. The third-order valence-corrected chi connectivity index (χ3v) is 8.18. The standard InChI is InChI=1S/C22H27N5S3/c1-15-5-4-6-18(24-15)13-23-21-12-20(27-7-9-28-10-8-27)11-19(26-21)14-29-22-25-16(2)17(3)30-22/h4-6,11-12H,7-10,13-14H2,1-3H3,(H,23,26). The second-order valence-corrected chi connectivity index (χ2v) is 11.0. The van der Waals surface area contributed by atoms with Crippen molar-refractivity contribution in [3.8, 4) is 0 Å². The number of aryl methyl sites for hydroxylation is 3. The number of nitrogens with one attached hydrogen (secondary N) is 1. The fourth-order valence-corrected chi connectivity index (χ4v) is 6.21. The van der Waals surface area contributed by atoms with Gasteiger partial charge in [-0.3, -0.25) is 4.98 Å². The molecule has 0 bridgehead atoms. The molecule has 3 aromatic rings. The van der Waals surface area contributed by atoms with Crippen LogP contribution in [0.2, 0.25) is 0 Å². The van der Waals surface area contributed by atoms with Crippen molar-refractivity contribution in [1.82, 2.24) is 15.0 Å². The fraction of sp³-hybridized carbons (Fsp3) is 0.409. The van der Waals surface area contributed by atoms with Gasteiger partial charge in [0.1, 0.15) is 5.82 Å². The highest BCUT2D eigenvalue weighted by atomic mass is 32.2. The van der Waals surface area contributed by atoms with Crippen molar-refractivity contribution in [2.75, 3.05) is 34.8 Å². The smallest absolute Gasteiger partial charge is 0.150 e. The van der Waals surface area contributed by atoms with E-state index in [9.17, 15) is 0 Å². The molecule has 4 heterocycles. The van der Waals surface area contributed by atoms with E-state index < -0.39 is 0 Å². The molecule has 0 aliphatic carbocycles. The van der Waals surface area contributed by atoms with E-state index in [-0.39, 0.29) is 0 Å². The Bertz CT molecular complexity index is 979. The van der Waals surface area contributed by atoms with E-state index in [0.29, 0.717) is 6.54 Å². The van der Waals surface area contributed by atoms with Crippen molar-refractivity contribution in [3.63, 3.8) is 0 Å². The summed E-state index contributed by atoms with van der Waals surface area (Å²) in [5, 5.41) is 3.49. The third-order valence-electron chi connectivity index (χ3n) is 4.99. The van der Waals surface area contributed by atoms with E-state index in [4.69, 9.17) is 4.98 Å². The Balaban J connectivity index is 1.52. The van der Waals surface area contributed by atoms with E-state index in [0.717, 1.165) is 51.8 Å². The van der Waals surface area contributed by atoms with Crippen LogP contribution < -0.4 is 10.2 Å². The normalized spacial score (nSPS) is 14.2. The molecule has 4 rings (SSSR count). The first-order valence-electron chi connectivity index (χ1n) is 10.1. The van der Waals surface area contributed by atoms with Crippen LogP contribution in [0.1, 0.15) is 27.7 Å². The Morgan fingerprint density at radius 3 is 2.60 bits per heavy atom. The highest BCUT2D eigenvalue weighted by molar-refractivity contribution is 8.00. The Hall–Kier alpha value is -1.77. The molecule has 0 atom stereocenters. The second kappa shape index (κ2) is 10.0. The number of thioether (sulfide) groups is 2. The van der Waals surface area contributed by atoms with Crippen molar-refractivity contribution >= 4 is 46.4 Å². The maximum absolute atomic E-state index is 4.90. The lowest BCUT2D eigenvalue weighted by Gasteiger charge is -2.29. The van der Waals surface area contributed by atoms with E-state index in [1.54, 1.807) is 23.1 Å². The first-order valence-corrected chi connectivity index (χ1v) is 13.1. The molecule has 8 heteroatoms.